The van der Waals surface area contributed by atoms with Gasteiger partial charge < -0.3 is 9.64 Å². The van der Waals surface area contributed by atoms with E-state index in [4.69, 9.17) is 4.74 Å². The molecule has 1 aliphatic heterocycles. The second-order valence-electron chi connectivity index (χ2n) is 7.61. The molecule has 1 fully saturated rings. The standard InChI is InChI=1S/C20H26N2O2/c1-20(2,3)24-19(23)22-12-9-15(10-13-22)14-17-7-4-6-16-8-5-11-21-18(16)17/h4-8,11,15H,9-10,12-14H2,1-3H3. The molecule has 0 unspecified atom stereocenters. The van der Waals surface area contributed by atoms with Gasteiger partial charge in [-0.15, -0.1) is 0 Å². The number of nitrogens with zero attached hydrogens (tertiary/aromatic N) is 2. The maximum Gasteiger partial charge on any atom is 0.410 e. The Bertz CT molecular complexity index is 708. The van der Waals surface area contributed by atoms with Crippen molar-refractivity contribution in [3.8, 4) is 0 Å². The third-order valence-electron chi connectivity index (χ3n) is 4.49. The van der Waals surface area contributed by atoms with Crippen LogP contribution in [0.15, 0.2) is 36.5 Å². The fourth-order valence-corrected chi connectivity index (χ4v) is 3.29. The minimum atomic E-state index is -0.428. The zero-order valence-corrected chi connectivity index (χ0v) is 14.8. The number of fused-ring (bicyclic) bond motifs is 1. The number of likely N-dealkylation sites (tertiary alicyclic amines) is 1. The molecule has 1 aromatic carbocycles. The fraction of sp³-hybridized carbons (Fsp3) is 0.500. The zero-order valence-electron chi connectivity index (χ0n) is 14.8. The summed E-state index contributed by atoms with van der Waals surface area (Å²) in [6, 6.07) is 10.5. The Kier molecular flexibility index (Phi) is 4.74. The summed E-state index contributed by atoms with van der Waals surface area (Å²) in [6.45, 7) is 7.27. The van der Waals surface area contributed by atoms with Crippen molar-refractivity contribution in [3.63, 3.8) is 0 Å². The largest absolute Gasteiger partial charge is 0.444 e. The van der Waals surface area contributed by atoms with Crippen molar-refractivity contribution in [2.75, 3.05) is 13.1 Å². The van der Waals surface area contributed by atoms with Crippen molar-refractivity contribution >= 4 is 17.0 Å². The van der Waals surface area contributed by atoms with E-state index >= 15 is 0 Å². The summed E-state index contributed by atoms with van der Waals surface area (Å²) in [5.41, 5.74) is 1.99. The smallest absolute Gasteiger partial charge is 0.410 e. The van der Waals surface area contributed by atoms with Crippen LogP contribution >= 0.6 is 0 Å². The van der Waals surface area contributed by atoms with E-state index < -0.39 is 5.60 Å². The minimum absolute atomic E-state index is 0.187. The highest BCUT2D eigenvalue weighted by atomic mass is 16.6. The van der Waals surface area contributed by atoms with E-state index in [-0.39, 0.29) is 6.09 Å². The lowest BCUT2D eigenvalue weighted by Gasteiger charge is -2.33. The van der Waals surface area contributed by atoms with Crippen LogP contribution in [0.25, 0.3) is 10.9 Å². The molecule has 3 rings (SSSR count). The Morgan fingerprint density at radius 2 is 1.92 bits per heavy atom. The molecule has 1 saturated heterocycles. The highest BCUT2D eigenvalue weighted by Crippen LogP contribution is 2.26. The molecule has 128 valence electrons. The van der Waals surface area contributed by atoms with Gasteiger partial charge in [0.1, 0.15) is 5.60 Å². The maximum absolute atomic E-state index is 12.1. The normalized spacial score (nSPS) is 16.4. The molecule has 1 aliphatic rings. The molecule has 1 amide bonds. The van der Waals surface area contributed by atoms with Crippen molar-refractivity contribution < 1.29 is 9.53 Å². The van der Waals surface area contributed by atoms with Crippen molar-refractivity contribution in [2.45, 2.75) is 45.6 Å². The average molecular weight is 326 g/mol. The van der Waals surface area contributed by atoms with Crippen LogP contribution < -0.4 is 0 Å². The number of benzene rings is 1. The van der Waals surface area contributed by atoms with Crippen LogP contribution in [0.4, 0.5) is 4.79 Å². The van der Waals surface area contributed by atoms with E-state index in [2.05, 4.69) is 29.2 Å². The Labute approximate surface area is 143 Å². The minimum Gasteiger partial charge on any atom is -0.444 e. The van der Waals surface area contributed by atoms with Crippen LogP contribution in [-0.2, 0) is 11.2 Å². The number of hydrogen-bond acceptors (Lipinski definition) is 3. The molecule has 0 N–H and O–H groups in total. The topological polar surface area (TPSA) is 42.4 Å². The van der Waals surface area contributed by atoms with Gasteiger partial charge >= 0.3 is 6.09 Å². The van der Waals surface area contributed by atoms with E-state index in [1.165, 1.54) is 10.9 Å². The second kappa shape index (κ2) is 6.80. The number of carbonyl (C=O) groups is 1. The van der Waals surface area contributed by atoms with E-state index in [9.17, 15) is 4.79 Å². The number of para-hydroxylation sites is 1. The SMILES string of the molecule is CC(C)(C)OC(=O)N1CCC(Cc2cccc3cccnc23)CC1. The molecule has 0 atom stereocenters. The molecule has 0 bridgehead atoms. The summed E-state index contributed by atoms with van der Waals surface area (Å²) in [5.74, 6) is 0.594. The number of rotatable bonds is 2. The van der Waals surface area contributed by atoms with E-state index in [0.29, 0.717) is 5.92 Å². The van der Waals surface area contributed by atoms with Crippen molar-refractivity contribution in [1.29, 1.82) is 0 Å². The molecule has 0 saturated carbocycles. The van der Waals surface area contributed by atoms with Gasteiger partial charge in [-0.3, -0.25) is 4.98 Å². The maximum atomic E-state index is 12.1. The summed E-state index contributed by atoms with van der Waals surface area (Å²) in [6.07, 6.45) is 4.73. The first-order chi connectivity index (χ1) is 11.4. The van der Waals surface area contributed by atoms with Crippen molar-refractivity contribution in [2.24, 2.45) is 5.92 Å². The molecule has 1 aromatic heterocycles. The van der Waals surface area contributed by atoms with Crippen LogP contribution in [0.2, 0.25) is 0 Å². The number of carbonyl (C=O) groups excluding carboxylic acids is 1. The summed E-state index contributed by atoms with van der Waals surface area (Å²) in [7, 11) is 0. The molecule has 0 radical (unpaired) electrons. The van der Waals surface area contributed by atoms with Gasteiger partial charge in [0.05, 0.1) is 5.52 Å². The Morgan fingerprint density at radius 3 is 2.62 bits per heavy atom. The average Bonchev–Trinajstić information content (AvgIpc) is 2.54. The molecule has 4 heteroatoms. The number of ether oxygens (including phenoxy) is 1. The first kappa shape index (κ1) is 16.7. The van der Waals surface area contributed by atoms with Gasteiger partial charge in [-0.25, -0.2) is 4.79 Å². The monoisotopic (exact) mass is 326 g/mol. The van der Waals surface area contributed by atoms with Crippen molar-refractivity contribution in [1.82, 2.24) is 9.88 Å². The molecule has 24 heavy (non-hydrogen) atoms. The lowest BCUT2D eigenvalue weighted by Crippen LogP contribution is -2.42. The third kappa shape index (κ3) is 4.05. The van der Waals surface area contributed by atoms with E-state index in [0.717, 1.165) is 37.9 Å². The lowest BCUT2D eigenvalue weighted by atomic mass is 9.89. The van der Waals surface area contributed by atoms with Crippen LogP contribution in [0.3, 0.4) is 0 Å². The number of piperidine rings is 1. The molecule has 0 aliphatic carbocycles. The van der Waals surface area contributed by atoms with Gasteiger partial charge in [-0.05, 0) is 57.6 Å². The fourth-order valence-electron chi connectivity index (χ4n) is 3.29. The van der Waals surface area contributed by atoms with Crippen LogP contribution in [0.1, 0.15) is 39.2 Å². The highest BCUT2D eigenvalue weighted by Gasteiger charge is 2.27. The quantitative estimate of drug-likeness (QED) is 0.820. The number of pyridine rings is 1. The van der Waals surface area contributed by atoms with Gasteiger partial charge in [0.15, 0.2) is 0 Å². The highest BCUT2D eigenvalue weighted by molar-refractivity contribution is 5.81. The van der Waals surface area contributed by atoms with Crippen LogP contribution in [-0.4, -0.2) is 34.7 Å². The first-order valence-electron chi connectivity index (χ1n) is 8.73. The Balaban J connectivity index is 1.60. The predicted molar refractivity (Wildman–Crippen MR) is 96.0 cm³/mol. The molecule has 2 heterocycles. The molecule has 4 nitrogen and oxygen atoms in total. The summed E-state index contributed by atoms with van der Waals surface area (Å²) in [4.78, 5) is 18.5. The second-order valence-corrected chi connectivity index (χ2v) is 7.61. The first-order valence-corrected chi connectivity index (χ1v) is 8.73. The lowest BCUT2D eigenvalue weighted by molar-refractivity contribution is 0.0184. The van der Waals surface area contributed by atoms with Gasteiger partial charge in [0.25, 0.3) is 0 Å². The Morgan fingerprint density at radius 1 is 1.21 bits per heavy atom. The van der Waals surface area contributed by atoms with Crippen molar-refractivity contribution in [3.05, 3.63) is 42.1 Å². The molecule has 0 spiro atoms. The van der Waals surface area contributed by atoms with Gasteiger partial charge in [0, 0.05) is 24.7 Å². The predicted octanol–water partition coefficient (Wildman–Crippen LogP) is 4.42. The zero-order chi connectivity index (χ0) is 17.2. The van der Waals surface area contributed by atoms with Crippen LogP contribution in [0, 0.1) is 5.92 Å². The third-order valence-corrected chi connectivity index (χ3v) is 4.49. The van der Waals surface area contributed by atoms with Gasteiger partial charge in [0.2, 0.25) is 0 Å². The van der Waals surface area contributed by atoms with Gasteiger partial charge in [-0.2, -0.15) is 0 Å². The molecular formula is C20H26N2O2. The van der Waals surface area contributed by atoms with Gasteiger partial charge in [-0.1, -0.05) is 24.3 Å². The summed E-state index contributed by atoms with van der Waals surface area (Å²) < 4.78 is 5.47. The number of aromatic nitrogens is 1. The van der Waals surface area contributed by atoms with E-state index in [1.807, 2.05) is 37.9 Å². The number of amides is 1. The van der Waals surface area contributed by atoms with Crippen LogP contribution in [0.5, 0.6) is 0 Å². The molecule has 2 aromatic rings. The Hall–Kier alpha value is -2.10. The molecular weight excluding hydrogens is 300 g/mol. The number of hydrogen-bond donors (Lipinski definition) is 0. The van der Waals surface area contributed by atoms with E-state index in [1.54, 1.807) is 0 Å². The summed E-state index contributed by atoms with van der Waals surface area (Å²) in [5, 5.41) is 1.20. The summed E-state index contributed by atoms with van der Waals surface area (Å²) >= 11 is 0.